The predicted molar refractivity (Wildman–Crippen MR) is 65.5 cm³/mol. The first kappa shape index (κ1) is 14.3. The van der Waals surface area contributed by atoms with Gasteiger partial charge in [0.05, 0.1) is 0 Å². The van der Waals surface area contributed by atoms with Gasteiger partial charge in [0.2, 0.25) is 0 Å². The van der Waals surface area contributed by atoms with Crippen LogP contribution in [-0.4, -0.2) is 21.8 Å². The van der Waals surface area contributed by atoms with Gasteiger partial charge in [-0.05, 0) is 26.9 Å². The lowest BCUT2D eigenvalue weighted by Crippen LogP contribution is -2.35. The summed E-state index contributed by atoms with van der Waals surface area (Å²) in [5.41, 5.74) is 0. The molecule has 0 saturated heterocycles. The highest BCUT2D eigenvalue weighted by molar-refractivity contribution is 6.64. The average Bonchev–Trinajstić information content (AvgIpc) is 2.20. The summed E-state index contributed by atoms with van der Waals surface area (Å²) in [6.45, 7) is 9.10. The van der Waals surface area contributed by atoms with Crippen molar-refractivity contribution >= 4 is 8.56 Å². The molecule has 0 amide bonds. The van der Waals surface area contributed by atoms with E-state index in [0.29, 0.717) is 13.2 Å². The highest BCUT2D eigenvalue weighted by atomic mass is 28.4. The zero-order valence-electron chi connectivity index (χ0n) is 10.1. The van der Waals surface area contributed by atoms with Crippen molar-refractivity contribution in [2.75, 3.05) is 13.2 Å². The highest BCUT2D eigenvalue weighted by Gasteiger charge is 2.23. The molecular formula is C12H20O2Si. The predicted octanol–water partition coefficient (Wildman–Crippen LogP) is 2.55. The normalized spacial score (nSPS) is 9.87. The average molecular weight is 224 g/mol. The van der Waals surface area contributed by atoms with E-state index >= 15 is 0 Å². The van der Waals surface area contributed by atoms with Gasteiger partial charge in [0.15, 0.2) is 0 Å². The number of hydrogen-bond acceptors (Lipinski definition) is 2. The van der Waals surface area contributed by atoms with E-state index < -0.39 is 8.56 Å². The summed E-state index contributed by atoms with van der Waals surface area (Å²) in [6, 6.07) is 0. The molecule has 0 aliphatic carbocycles. The second-order valence-corrected chi connectivity index (χ2v) is 6.83. The molecule has 0 rings (SSSR count). The van der Waals surface area contributed by atoms with Crippen LogP contribution in [0.2, 0.25) is 13.1 Å². The van der Waals surface area contributed by atoms with Gasteiger partial charge < -0.3 is 8.85 Å². The molecule has 0 aromatic carbocycles. The van der Waals surface area contributed by atoms with Gasteiger partial charge >= 0.3 is 8.56 Å². The van der Waals surface area contributed by atoms with E-state index in [1.807, 2.05) is 26.9 Å². The van der Waals surface area contributed by atoms with Crippen LogP contribution in [0.15, 0.2) is 0 Å². The molecule has 2 nitrogen and oxygen atoms in total. The summed E-state index contributed by atoms with van der Waals surface area (Å²) in [5.74, 6) is 11.6. The van der Waals surface area contributed by atoms with Crippen molar-refractivity contribution in [1.29, 1.82) is 0 Å². The lowest BCUT2D eigenvalue weighted by molar-refractivity contribution is 0.186. The largest absolute Gasteiger partial charge is 0.394 e. The summed E-state index contributed by atoms with van der Waals surface area (Å²) in [7, 11) is -1.94. The van der Waals surface area contributed by atoms with Crippen LogP contribution < -0.4 is 0 Å². The zero-order valence-corrected chi connectivity index (χ0v) is 11.1. The first-order valence-electron chi connectivity index (χ1n) is 5.19. The van der Waals surface area contributed by atoms with Crippen LogP contribution >= 0.6 is 0 Å². The molecule has 0 fully saturated rings. The molecule has 0 bridgehead atoms. The Morgan fingerprint density at radius 1 is 0.867 bits per heavy atom. The van der Waals surface area contributed by atoms with Gasteiger partial charge in [-0.25, -0.2) is 0 Å². The maximum atomic E-state index is 5.68. The summed E-state index contributed by atoms with van der Waals surface area (Å²) in [4.78, 5) is 0. The molecule has 0 radical (unpaired) electrons. The Morgan fingerprint density at radius 2 is 1.27 bits per heavy atom. The maximum Gasteiger partial charge on any atom is 0.331 e. The van der Waals surface area contributed by atoms with Crippen molar-refractivity contribution < 1.29 is 8.85 Å². The number of rotatable bonds is 6. The van der Waals surface area contributed by atoms with Crippen LogP contribution in [0.25, 0.3) is 0 Å². The van der Waals surface area contributed by atoms with Gasteiger partial charge in [-0.1, -0.05) is 0 Å². The van der Waals surface area contributed by atoms with E-state index in [-0.39, 0.29) is 0 Å². The Labute approximate surface area is 94.6 Å². The Bertz CT molecular complexity index is 247. The minimum absolute atomic E-state index is 0.666. The van der Waals surface area contributed by atoms with Crippen LogP contribution in [0.3, 0.4) is 0 Å². The maximum absolute atomic E-state index is 5.68. The van der Waals surface area contributed by atoms with E-state index in [0.717, 1.165) is 12.8 Å². The molecule has 0 heterocycles. The fraction of sp³-hybridized carbons (Fsp3) is 0.667. The highest BCUT2D eigenvalue weighted by Crippen LogP contribution is 2.07. The molecule has 0 aromatic heterocycles. The van der Waals surface area contributed by atoms with Crippen LogP contribution in [0.4, 0.5) is 0 Å². The van der Waals surface area contributed by atoms with E-state index in [1.54, 1.807) is 0 Å². The van der Waals surface area contributed by atoms with Gasteiger partial charge in [0.25, 0.3) is 0 Å². The van der Waals surface area contributed by atoms with Crippen LogP contribution in [0.1, 0.15) is 26.7 Å². The topological polar surface area (TPSA) is 18.5 Å². The van der Waals surface area contributed by atoms with Gasteiger partial charge in [-0.2, -0.15) is 0 Å². The van der Waals surface area contributed by atoms with Crippen molar-refractivity contribution in [2.45, 2.75) is 39.8 Å². The molecule has 84 valence electrons. The molecule has 0 atom stereocenters. The molecule has 0 unspecified atom stereocenters. The zero-order chi connectivity index (χ0) is 11.6. The quantitative estimate of drug-likeness (QED) is 0.392. The van der Waals surface area contributed by atoms with Gasteiger partial charge in [-0.3, -0.25) is 0 Å². The fourth-order valence-electron chi connectivity index (χ4n) is 0.987. The standard InChI is InChI=1S/C12H20O2Si/c1-5-7-9-11-13-15(3,4)14-12-10-8-6-2/h9-12H2,1-4H3. The van der Waals surface area contributed by atoms with Crippen molar-refractivity contribution in [3.8, 4) is 23.7 Å². The van der Waals surface area contributed by atoms with Gasteiger partial charge in [0.1, 0.15) is 0 Å². The van der Waals surface area contributed by atoms with Crippen LogP contribution in [0.5, 0.6) is 0 Å². The lowest BCUT2D eigenvalue weighted by atomic mass is 10.5. The third-order valence-electron chi connectivity index (χ3n) is 1.71. The minimum Gasteiger partial charge on any atom is -0.394 e. The first-order chi connectivity index (χ1) is 7.12. The van der Waals surface area contributed by atoms with Crippen molar-refractivity contribution in [2.24, 2.45) is 0 Å². The Kier molecular flexibility index (Phi) is 8.13. The third kappa shape index (κ3) is 9.56. The molecule has 0 saturated carbocycles. The Hall–Kier alpha value is -0.743. The molecule has 0 spiro atoms. The summed E-state index contributed by atoms with van der Waals surface area (Å²) in [6.07, 6.45) is 1.57. The van der Waals surface area contributed by atoms with Crippen LogP contribution in [0, 0.1) is 23.7 Å². The Morgan fingerprint density at radius 3 is 1.60 bits per heavy atom. The summed E-state index contributed by atoms with van der Waals surface area (Å²) >= 11 is 0. The van der Waals surface area contributed by atoms with Crippen molar-refractivity contribution in [3.63, 3.8) is 0 Å². The second kappa shape index (κ2) is 8.56. The molecule has 0 N–H and O–H groups in total. The van der Waals surface area contributed by atoms with E-state index in [2.05, 4.69) is 23.7 Å². The molecule has 3 heteroatoms. The first-order valence-corrected chi connectivity index (χ1v) is 8.01. The summed E-state index contributed by atoms with van der Waals surface area (Å²) in [5, 5.41) is 0. The van der Waals surface area contributed by atoms with E-state index in [4.69, 9.17) is 8.85 Å². The third-order valence-corrected chi connectivity index (χ3v) is 3.51. The van der Waals surface area contributed by atoms with Crippen molar-refractivity contribution in [1.82, 2.24) is 0 Å². The van der Waals surface area contributed by atoms with Gasteiger partial charge in [0, 0.05) is 26.1 Å². The number of hydrogen-bond donors (Lipinski definition) is 0. The summed E-state index contributed by atoms with van der Waals surface area (Å²) < 4.78 is 11.4. The van der Waals surface area contributed by atoms with Crippen LogP contribution in [-0.2, 0) is 8.85 Å². The van der Waals surface area contributed by atoms with E-state index in [1.165, 1.54) is 0 Å². The molecule has 15 heavy (non-hydrogen) atoms. The Balaban J connectivity index is 3.63. The minimum atomic E-state index is -1.94. The molecule has 0 aliphatic rings. The van der Waals surface area contributed by atoms with Gasteiger partial charge in [-0.15, -0.1) is 23.7 Å². The molecule has 0 aliphatic heterocycles. The molecule has 0 aromatic rings. The lowest BCUT2D eigenvalue weighted by Gasteiger charge is -2.21. The second-order valence-electron chi connectivity index (χ2n) is 3.45. The smallest absolute Gasteiger partial charge is 0.331 e. The van der Waals surface area contributed by atoms with E-state index in [9.17, 15) is 0 Å². The fourth-order valence-corrected chi connectivity index (χ4v) is 2.26. The van der Waals surface area contributed by atoms with Crippen molar-refractivity contribution in [3.05, 3.63) is 0 Å². The molecular weight excluding hydrogens is 204 g/mol. The monoisotopic (exact) mass is 224 g/mol. The SMILES string of the molecule is CC#CCCO[Si](C)(C)OCCC#CC.